The zero-order chi connectivity index (χ0) is 9.26. The summed E-state index contributed by atoms with van der Waals surface area (Å²) in [6.07, 6.45) is 2.80. The lowest BCUT2D eigenvalue weighted by atomic mass is 10.0. The molecule has 0 saturated carbocycles. The summed E-state index contributed by atoms with van der Waals surface area (Å²) in [6, 6.07) is 1.35. The van der Waals surface area contributed by atoms with Crippen molar-refractivity contribution in [1.29, 1.82) is 0 Å². The third-order valence-corrected chi connectivity index (χ3v) is 2.11. The largest absolute Gasteiger partial charge is 0.325 e. The van der Waals surface area contributed by atoms with E-state index in [-0.39, 0.29) is 17.9 Å². The first kappa shape index (κ1) is 8.55. The summed E-state index contributed by atoms with van der Waals surface area (Å²) < 4.78 is 12.8. The van der Waals surface area contributed by atoms with Crippen LogP contribution in [0, 0.1) is 5.82 Å². The quantitative estimate of drug-likeness (QED) is 0.558. The molecule has 13 heavy (non-hydrogen) atoms. The molecule has 0 amide bonds. The molecule has 1 fully saturated rings. The van der Waals surface area contributed by atoms with Gasteiger partial charge in [0.2, 0.25) is 0 Å². The fourth-order valence-corrected chi connectivity index (χ4v) is 1.44. The summed E-state index contributed by atoms with van der Waals surface area (Å²) in [5.41, 5.74) is 12.4. The van der Waals surface area contributed by atoms with E-state index in [4.69, 9.17) is 5.73 Å². The molecule has 4 N–H and O–H groups in total. The molecule has 0 bridgehead atoms. The second kappa shape index (κ2) is 3.37. The van der Waals surface area contributed by atoms with E-state index in [9.17, 15) is 4.39 Å². The maximum Gasteiger partial charge on any atom is 0.141 e. The Morgan fingerprint density at radius 2 is 2.38 bits per heavy atom. The number of nitrogens with two attached hydrogens (primary N) is 1. The first-order valence-corrected chi connectivity index (χ1v) is 4.12. The summed E-state index contributed by atoms with van der Waals surface area (Å²) in [6.45, 7) is 0.682. The normalized spacial score (nSPS) is 27.8. The molecule has 0 spiro atoms. The Hall–Kier alpha value is -1.04. The van der Waals surface area contributed by atoms with Crippen LogP contribution in [0.4, 0.5) is 4.39 Å². The number of nitrogens with one attached hydrogen (secondary N) is 2. The fraction of sp³-hybridized carbons (Fsp3) is 0.375. The minimum atomic E-state index is -0.335. The first-order valence-electron chi connectivity index (χ1n) is 4.12. The minimum Gasteiger partial charge on any atom is -0.325 e. The molecule has 1 saturated heterocycles. The zero-order valence-corrected chi connectivity index (χ0v) is 7.00. The molecule has 1 aliphatic heterocycles. The van der Waals surface area contributed by atoms with Gasteiger partial charge in [0.25, 0.3) is 0 Å². The smallest absolute Gasteiger partial charge is 0.141 e. The Balaban J connectivity index is 2.24. The average Bonchev–Trinajstić information content (AvgIpc) is 2.51. The van der Waals surface area contributed by atoms with Crippen molar-refractivity contribution in [2.24, 2.45) is 5.73 Å². The van der Waals surface area contributed by atoms with Gasteiger partial charge in [-0.25, -0.2) is 9.82 Å². The molecular formula is C8H11FN4. The second-order valence-corrected chi connectivity index (χ2v) is 3.10. The summed E-state index contributed by atoms with van der Waals surface area (Å²) in [7, 11) is 0. The van der Waals surface area contributed by atoms with Crippen LogP contribution in [-0.4, -0.2) is 17.6 Å². The Morgan fingerprint density at radius 1 is 1.54 bits per heavy atom. The van der Waals surface area contributed by atoms with Gasteiger partial charge in [0.15, 0.2) is 0 Å². The molecule has 2 unspecified atom stereocenters. The molecule has 1 aromatic heterocycles. The molecule has 70 valence electrons. The molecule has 0 radical (unpaired) electrons. The highest BCUT2D eigenvalue weighted by atomic mass is 19.1. The molecular weight excluding hydrogens is 171 g/mol. The summed E-state index contributed by atoms with van der Waals surface area (Å²) in [4.78, 5) is 3.76. The number of hydrogen-bond acceptors (Lipinski definition) is 4. The summed E-state index contributed by atoms with van der Waals surface area (Å²) in [5.74, 6) is -0.335. The molecule has 1 aliphatic rings. The van der Waals surface area contributed by atoms with Gasteiger partial charge in [-0.3, -0.25) is 10.4 Å². The van der Waals surface area contributed by atoms with E-state index < -0.39 is 0 Å². The van der Waals surface area contributed by atoms with Gasteiger partial charge in [0.1, 0.15) is 5.82 Å². The highest BCUT2D eigenvalue weighted by Gasteiger charge is 2.24. The minimum absolute atomic E-state index is 0.0383. The second-order valence-electron chi connectivity index (χ2n) is 3.10. The maximum atomic E-state index is 12.8. The van der Waals surface area contributed by atoms with E-state index in [1.165, 1.54) is 12.3 Å². The van der Waals surface area contributed by atoms with Gasteiger partial charge in [-0.1, -0.05) is 0 Å². The predicted molar refractivity (Wildman–Crippen MR) is 46.0 cm³/mol. The van der Waals surface area contributed by atoms with Gasteiger partial charge in [-0.05, 0) is 11.6 Å². The molecule has 5 heteroatoms. The number of nitrogens with zero attached hydrogens (tertiary/aromatic N) is 1. The van der Waals surface area contributed by atoms with E-state index in [0.29, 0.717) is 6.54 Å². The van der Waals surface area contributed by atoms with Crippen molar-refractivity contribution in [2.75, 3.05) is 6.54 Å². The van der Waals surface area contributed by atoms with Gasteiger partial charge >= 0.3 is 0 Å². The number of hydrogen-bond donors (Lipinski definition) is 3. The number of pyridine rings is 1. The summed E-state index contributed by atoms with van der Waals surface area (Å²) in [5, 5.41) is 0. The number of halogens is 1. The molecule has 2 heterocycles. The maximum absolute atomic E-state index is 12.8. The van der Waals surface area contributed by atoms with Crippen LogP contribution in [0.3, 0.4) is 0 Å². The van der Waals surface area contributed by atoms with Crippen molar-refractivity contribution in [3.05, 3.63) is 29.8 Å². The van der Waals surface area contributed by atoms with Gasteiger partial charge in [0.05, 0.1) is 12.2 Å². The molecule has 0 aliphatic carbocycles. The van der Waals surface area contributed by atoms with Crippen molar-refractivity contribution in [3.63, 3.8) is 0 Å². The zero-order valence-electron chi connectivity index (χ0n) is 7.00. The van der Waals surface area contributed by atoms with Crippen molar-refractivity contribution in [3.8, 4) is 0 Å². The van der Waals surface area contributed by atoms with Crippen LogP contribution in [0.5, 0.6) is 0 Å². The van der Waals surface area contributed by atoms with Crippen LogP contribution in [0.1, 0.15) is 11.6 Å². The van der Waals surface area contributed by atoms with Crippen LogP contribution in [0.15, 0.2) is 18.5 Å². The molecule has 2 atom stereocenters. The van der Waals surface area contributed by atoms with Crippen molar-refractivity contribution >= 4 is 0 Å². The molecule has 1 aromatic rings. The van der Waals surface area contributed by atoms with E-state index in [1.807, 2.05) is 0 Å². The van der Waals surface area contributed by atoms with E-state index in [1.54, 1.807) is 6.20 Å². The van der Waals surface area contributed by atoms with E-state index in [0.717, 1.165) is 5.56 Å². The molecule has 0 aromatic carbocycles. The van der Waals surface area contributed by atoms with Crippen molar-refractivity contribution in [2.45, 2.75) is 12.1 Å². The number of rotatable bonds is 1. The Labute approximate surface area is 75.3 Å². The van der Waals surface area contributed by atoms with Gasteiger partial charge in [-0.2, -0.15) is 0 Å². The number of hydrazine groups is 1. The SMILES string of the molecule is NC1CNNC1c1cncc(F)c1. The van der Waals surface area contributed by atoms with Crippen LogP contribution in [0.25, 0.3) is 0 Å². The van der Waals surface area contributed by atoms with Crippen LogP contribution < -0.4 is 16.6 Å². The van der Waals surface area contributed by atoms with Gasteiger partial charge in [-0.15, -0.1) is 0 Å². The van der Waals surface area contributed by atoms with E-state index >= 15 is 0 Å². The summed E-state index contributed by atoms with van der Waals surface area (Å²) >= 11 is 0. The molecule has 2 rings (SSSR count). The monoisotopic (exact) mass is 182 g/mol. The highest BCUT2D eigenvalue weighted by Crippen LogP contribution is 2.17. The lowest BCUT2D eigenvalue weighted by Crippen LogP contribution is -2.30. The van der Waals surface area contributed by atoms with Crippen molar-refractivity contribution < 1.29 is 4.39 Å². The third-order valence-electron chi connectivity index (χ3n) is 2.11. The van der Waals surface area contributed by atoms with Crippen LogP contribution in [-0.2, 0) is 0 Å². The van der Waals surface area contributed by atoms with Gasteiger partial charge < -0.3 is 5.73 Å². The van der Waals surface area contributed by atoms with Crippen LogP contribution >= 0.6 is 0 Å². The van der Waals surface area contributed by atoms with E-state index in [2.05, 4.69) is 15.8 Å². The lowest BCUT2D eigenvalue weighted by Gasteiger charge is -2.13. The van der Waals surface area contributed by atoms with Crippen LogP contribution in [0.2, 0.25) is 0 Å². The predicted octanol–water partition coefficient (Wildman–Crippen LogP) is -0.303. The average molecular weight is 182 g/mol. The Bertz CT molecular complexity index is 304. The fourth-order valence-electron chi connectivity index (χ4n) is 1.44. The highest BCUT2D eigenvalue weighted by molar-refractivity contribution is 5.18. The Kier molecular flexibility index (Phi) is 2.22. The third kappa shape index (κ3) is 1.67. The molecule has 4 nitrogen and oxygen atoms in total. The standard InChI is InChI=1S/C8H11FN4/c9-6-1-5(2-11-3-6)8-7(10)4-12-13-8/h1-3,7-8,12-13H,4,10H2. The van der Waals surface area contributed by atoms with Crippen molar-refractivity contribution in [1.82, 2.24) is 15.8 Å². The first-order chi connectivity index (χ1) is 6.27. The lowest BCUT2D eigenvalue weighted by molar-refractivity contribution is 0.540. The Morgan fingerprint density at radius 3 is 3.00 bits per heavy atom. The topological polar surface area (TPSA) is 63.0 Å². The number of aromatic nitrogens is 1. The van der Waals surface area contributed by atoms with Gasteiger partial charge in [0, 0.05) is 18.8 Å².